The summed E-state index contributed by atoms with van der Waals surface area (Å²) in [6, 6.07) is 12.0. The number of esters is 1. The van der Waals surface area contributed by atoms with Gasteiger partial charge in [0.15, 0.2) is 4.90 Å². The summed E-state index contributed by atoms with van der Waals surface area (Å²) in [5, 5.41) is 0. The molecule has 0 unspecified atom stereocenters. The molecule has 120 valence electrons. The van der Waals surface area contributed by atoms with Crippen LogP contribution in [0.1, 0.15) is 23.2 Å². The van der Waals surface area contributed by atoms with Crippen LogP contribution in [0.2, 0.25) is 0 Å². The molecule has 23 heavy (non-hydrogen) atoms. The van der Waals surface area contributed by atoms with Crippen LogP contribution in [0.15, 0.2) is 41.3 Å². The van der Waals surface area contributed by atoms with Crippen LogP contribution in [0.5, 0.6) is 5.75 Å². The number of rotatable bonds is 3. The Morgan fingerprint density at radius 1 is 0.913 bits per heavy atom. The fraction of sp³-hybridized carbons (Fsp3) is 0.235. The first-order valence-electron chi connectivity index (χ1n) is 7.19. The lowest BCUT2D eigenvalue weighted by Gasteiger charge is -2.09. The maximum atomic E-state index is 12.5. The topological polar surface area (TPSA) is 26.3 Å². The van der Waals surface area contributed by atoms with Gasteiger partial charge in [0.2, 0.25) is 0 Å². The molecule has 0 aliphatic carbocycles. The lowest BCUT2D eigenvalue weighted by molar-refractivity contribution is 0.0732. The summed E-state index contributed by atoms with van der Waals surface area (Å²) in [6.07, 6.45) is 2.67. The van der Waals surface area contributed by atoms with Crippen molar-refractivity contribution >= 4 is 84.6 Å². The van der Waals surface area contributed by atoms with Gasteiger partial charge < -0.3 is 4.74 Å². The standard InChI is InChI=1S/C17H14I3O2S/c18-13-7-8-14(19)16(20)15(13)17(21)22-11-3-5-12(6-4-11)23-9-1-2-10-23/h3-8H,1-2,9-10H2/q+1. The maximum absolute atomic E-state index is 12.5. The summed E-state index contributed by atoms with van der Waals surface area (Å²) in [5.41, 5.74) is 0.653. The molecule has 3 rings (SSSR count). The molecule has 1 heterocycles. The Morgan fingerprint density at radius 3 is 2.17 bits per heavy atom. The minimum absolute atomic E-state index is 0.284. The van der Waals surface area contributed by atoms with Gasteiger partial charge in [-0.2, -0.15) is 0 Å². The van der Waals surface area contributed by atoms with Crippen LogP contribution >= 0.6 is 67.8 Å². The molecule has 0 N–H and O–H groups in total. The van der Waals surface area contributed by atoms with E-state index in [1.165, 1.54) is 29.2 Å². The first-order chi connectivity index (χ1) is 11.1. The summed E-state index contributed by atoms with van der Waals surface area (Å²) in [6.45, 7) is 0. The molecule has 2 aromatic rings. The number of carbonyl (C=O) groups excluding carboxylic acids is 1. The molecule has 1 aliphatic heterocycles. The zero-order valence-electron chi connectivity index (χ0n) is 12.2. The molecule has 2 nitrogen and oxygen atoms in total. The predicted octanol–water partition coefficient (Wildman–Crippen LogP) is 5.49. The van der Waals surface area contributed by atoms with E-state index < -0.39 is 0 Å². The van der Waals surface area contributed by atoms with Crippen LogP contribution in [-0.2, 0) is 10.9 Å². The zero-order valence-corrected chi connectivity index (χ0v) is 19.4. The summed E-state index contributed by atoms with van der Waals surface area (Å²) in [4.78, 5) is 13.9. The van der Waals surface area contributed by atoms with E-state index in [1.807, 2.05) is 24.3 Å². The van der Waals surface area contributed by atoms with Gasteiger partial charge in [-0.05, 0) is 117 Å². The molecule has 1 fully saturated rings. The lowest BCUT2D eigenvalue weighted by atomic mass is 10.2. The highest BCUT2D eigenvalue weighted by atomic mass is 127. The van der Waals surface area contributed by atoms with Gasteiger partial charge in [-0.1, -0.05) is 0 Å². The maximum Gasteiger partial charge on any atom is 0.345 e. The van der Waals surface area contributed by atoms with E-state index in [1.54, 1.807) is 0 Å². The number of halogens is 3. The van der Waals surface area contributed by atoms with Crippen LogP contribution in [0.4, 0.5) is 0 Å². The normalized spacial score (nSPS) is 14.9. The molecule has 0 amide bonds. The predicted molar refractivity (Wildman–Crippen MR) is 121 cm³/mol. The second-order valence-corrected chi connectivity index (χ2v) is 10.9. The third-order valence-electron chi connectivity index (χ3n) is 3.65. The Hall–Kier alpha value is 0.450. The lowest BCUT2D eigenvalue weighted by Crippen LogP contribution is -2.13. The van der Waals surface area contributed by atoms with E-state index in [-0.39, 0.29) is 5.97 Å². The fourth-order valence-corrected chi connectivity index (χ4v) is 7.09. The minimum Gasteiger partial charge on any atom is -0.423 e. The van der Waals surface area contributed by atoms with Crippen molar-refractivity contribution in [1.29, 1.82) is 0 Å². The second kappa shape index (κ2) is 8.22. The van der Waals surface area contributed by atoms with E-state index >= 15 is 0 Å². The molecule has 0 saturated carbocycles. The summed E-state index contributed by atoms with van der Waals surface area (Å²) >= 11 is 6.63. The molecule has 0 bridgehead atoms. The van der Waals surface area contributed by atoms with Crippen LogP contribution in [0.3, 0.4) is 0 Å². The Balaban J connectivity index is 1.77. The average Bonchev–Trinajstić information content (AvgIpc) is 3.06. The van der Waals surface area contributed by atoms with E-state index in [4.69, 9.17) is 4.74 Å². The van der Waals surface area contributed by atoms with Crippen LogP contribution < -0.4 is 4.74 Å². The molecule has 0 spiro atoms. The molecular weight excluding hydrogens is 649 g/mol. The Labute approximate surface area is 179 Å². The van der Waals surface area contributed by atoms with E-state index in [9.17, 15) is 4.79 Å². The van der Waals surface area contributed by atoms with Crippen LogP contribution in [0, 0.1) is 10.7 Å². The zero-order chi connectivity index (χ0) is 16.4. The van der Waals surface area contributed by atoms with Gasteiger partial charge in [0.25, 0.3) is 0 Å². The second-order valence-electron chi connectivity index (χ2n) is 5.19. The molecule has 1 saturated heterocycles. The van der Waals surface area contributed by atoms with Gasteiger partial charge in [0, 0.05) is 21.6 Å². The molecule has 0 radical (unpaired) electrons. The van der Waals surface area contributed by atoms with Crippen LogP contribution in [-0.4, -0.2) is 17.5 Å². The quantitative estimate of drug-likeness (QED) is 0.143. The fourth-order valence-electron chi connectivity index (χ4n) is 2.46. The van der Waals surface area contributed by atoms with Crippen molar-refractivity contribution in [2.45, 2.75) is 17.7 Å². The van der Waals surface area contributed by atoms with E-state index in [0.29, 0.717) is 22.2 Å². The van der Waals surface area contributed by atoms with Gasteiger partial charge in [-0.15, -0.1) is 0 Å². The van der Waals surface area contributed by atoms with Crippen molar-refractivity contribution in [3.8, 4) is 5.75 Å². The molecule has 2 aromatic carbocycles. The molecule has 0 aromatic heterocycles. The Morgan fingerprint density at radius 2 is 1.52 bits per heavy atom. The highest BCUT2D eigenvalue weighted by Crippen LogP contribution is 2.27. The van der Waals surface area contributed by atoms with Gasteiger partial charge >= 0.3 is 5.97 Å². The van der Waals surface area contributed by atoms with Crippen molar-refractivity contribution < 1.29 is 9.53 Å². The van der Waals surface area contributed by atoms with Gasteiger partial charge in [-0.3, -0.25) is 0 Å². The Bertz CT molecular complexity index is 725. The first kappa shape index (κ1) is 18.2. The number of hydrogen-bond acceptors (Lipinski definition) is 2. The smallest absolute Gasteiger partial charge is 0.345 e. The van der Waals surface area contributed by atoms with Crippen molar-refractivity contribution in [1.82, 2.24) is 0 Å². The molecule has 1 aliphatic rings. The Kier molecular flexibility index (Phi) is 6.52. The van der Waals surface area contributed by atoms with Crippen molar-refractivity contribution in [2.75, 3.05) is 11.5 Å². The average molecular weight is 663 g/mol. The summed E-state index contributed by atoms with van der Waals surface area (Å²) in [5.74, 6) is 2.94. The van der Waals surface area contributed by atoms with E-state index in [0.717, 1.165) is 10.7 Å². The van der Waals surface area contributed by atoms with Crippen molar-refractivity contribution in [2.24, 2.45) is 0 Å². The molecule has 0 atom stereocenters. The third-order valence-corrected chi connectivity index (χ3v) is 10.1. The van der Waals surface area contributed by atoms with Gasteiger partial charge in [0.1, 0.15) is 17.3 Å². The first-order valence-corrected chi connectivity index (χ1v) is 12.0. The highest BCUT2D eigenvalue weighted by molar-refractivity contribution is 14.1. The number of ether oxygens (including phenoxy) is 1. The van der Waals surface area contributed by atoms with E-state index in [2.05, 4.69) is 79.9 Å². The highest BCUT2D eigenvalue weighted by Gasteiger charge is 2.26. The van der Waals surface area contributed by atoms with Crippen molar-refractivity contribution in [3.63, 3.8) is 0 Å². The van der Waals surface area contributed by atoms with Gasteiger partial charge in [0.05, 0.1) is 5.56 Å². The third kappa shape index (κ3) is 4.35. The minimum atomic E-state index is -0.284. The SMILES string of the molecule is O=C(Oc1ccc([S+]2CCCC2)cc1)c1c(I)ccc(I)c1I. The summed E-state index contributed by atoms with van der Waals surface area (Å²) < 4.78 is 8.52. The number of carbonyl (C=O) groups is 1. The summed E-state index contributed by atoms with van der Waals surface area (Å²) in [7, 11) is 0.398. The monoisotopic (exact) mass is 663 g/mol. The van der Waals surface area contributed by atoms with Crippen molar-refractivity contribution in [3.05, 3.63) is 52.7 Å². The van der Waals surface area contributed by atoms with Crippen LogP contribution in [0.25, 0.3) is 0 Å². The molecule has 6 heteroatoms. The molecular formula is C17H14I3O2S+. The number of hydrogen-bond donors (Lipinski definition) is 0. The number of benzene rings is 2. The largest absolute Gasteiger partial charge is 0.423 e. The van der Waals surface area contributed by atoms with Gasteiger partial charge in [-0.25, -0.2) is 4.79 Å².